The van der Waals surface area contributed by atoms with Crippen LogP contribution in [-0.4, -0.2) is 70.1 Å². The Hall–Kier alpha value is -4.67. The van der Waals surface area contributed by atoms with Crippen LogP contribution >= 0.6 is 0 Å². The van der Waals surface area contributed by atoms with E-state index in [4.69, 9.17) is 20.1 Å². The lowest BCUT2D eigenvalue weighted by molar-refractivity contribution is 0.0180. The normalized spacial score (nSPS) is 18.3. The lowest BCUT2D eigenvalue weighted by atomic mass is 9.91. The summed E-state index contributed by atoms with van der Waals surface area (Å²) in [6.45, 7) is 11.8. The molecule has 4 N–H and O–H groups in total. The highest BCUT2D eigenvalue weighted by molar-refractivity contribution is 6.28. The number of hydrazine groups is 1. The summed E-state index contributed by atoms with van der Waals surface area (Å²) in [5.74, 6) is 8.57. The Morgan fingerprint density at radius 1 is 1.05 bits per heavy atom. The molecule has 0 bridgehead atoms. The van der Waals surface area contributed by atoms with E-state index in [9.17, 15) is 4.79 Å². The average molecular weight is 592 g/mol. The number of nitrogens with two attached hydrogens (primary N) is 1. The Kier molecular flexibility index (Phi) is 6.53. The van der Waals surface area contributed by atoms with Gasteiger partial charge in [0.05, 0.1) is 29.6 Å². The molecule has 1 atom stereocenters. The summed E-state index contributed by atoms with van der Waals surface area (Å²) in [5, 5.41) is 12.3. The van der Waals surface area contributed by atoms with Crippen LogP contribution in [0.3, 0.4) is 0 Å². The van der Waals surface area contributed by atoms with E-state index < -0.39 is 0 Å². The fourth-order valence-electron chi connectivity index (χ4n) is 6.72. The van der Waals surface area contributed by atoms with Crippen molar-refractivity contribution in [2.45, 2.75) is 46.3 Å². The van der Waals surface area contributed by atoms with Gasteiger partial charge < -0.3 is 24.5 Å². The van der Waals surface area contributed by atoms with Gasteiger partial charge in [0.15, 0.2) is 0 Å². The van der Waals surface area contributed by atoms with E-state index >= 15 is 0 Å². The van der Waals surface area contributed by atoms with Crippen molar-refractivity contribution in [2.75, 3.05) is 32.1 Å². The number of fused-ring (bicyclic) bond motifs is 4. The van der Waals surface area contributed by atoms with Crippen LogP contribution in [0.15, 0.2) is 58.0 Å². The standard InChI is InChI=1S/C34H37N7O3/c1-18-29(19(2)44-39-18)26-15-27-25(16-28(26)43-6)30-31(36-20(3)37-32(30)38-27)23-11-12-24(22-10-8-7-9-21(22)23)33(42)40-13-14-41(35)34(4,5)17-40/h7-12,15-16,20,37-38H,13-14,17,35H2,1-6H3. The van der Waals surface area contributed by atoms with Crippen LogP contribution in [0.5, 0.6) is 5.75 Å². The summed E-state index contributed by atoms with van der Waals surface area (Å²) in [6, 6.07) is 16.2. The summed E-state index contributed by atoms with van der Waals surface area (Å²) < 4.78 is 11.4. The van der Waals surface area contributed by atoms with Gasteiger partial charge in [-0.3, -0.25) is 15.6 Å². The number of carbonyl (C=O) groups excluding carboxylic acids is 1. The number of hydrogen-bond acceptors (Lipinski definition) is 8. The Bertz CT molecular complexity index is 1970. The number of piperazine rings is 1. The highest BCUT2D eigenvalue weighted by Crippen LogP contribution is 2.42. The molecule has 0 aliphatic carbocycles. The Balaban J connectivity index is 1.37. The van der Waals surface area contributed by atoms with Gasteiger partial charge in [-0.25, -0.2) is 5.01 Å². The van der Waals surface area contributed by atoms with Gasteiger partial charge in [0, 0.05) is 52.8 Å². The molecule has 44 heavy (non-hydrogen) atoms. The number of anilines is 1. The number of amides is 1. The van der Waals surface area contributed by atoms with E-state index in [2.05, 4.69) is 47.5 Å². The van der Waals surface area contributed by atoms with Crippen molar-refractivity contribution < 1.29 is 14.1 Å². The molecule has 0 spiro atoms. The average Bonchev–Trinajstić information content (AvgIpc) is 3.53. The topological polar surface area (TPSA) is 125 Å². The summed E-state index contributed by atoms with van der Waals surface area (Å²) in [6.07, 6.45) is -0.163. The van der Waals surface area contributed by atoms with Crippen LogP contribution in [-0.2, 0) is 0 Å². The zero-order valence-electron chi connectivity index (χ0n) is 25.9. The molecule has 2 aromatic heterocycles. The monoisotopic (exact) mass is 591 g/mol. The lowest BCUT2D eigenvalue weighted by Gasteiger charge is -2.44. The number of methoxy groups -OCH3 is 1. The van der Waals surface area contributed by atoms with Crippen molar-refractivity contribution in [1.29, 1.82) is 0 Å². The van der Waals surface area contributed by atoms with Crippen molar-refractivity contribution >= 4 is 39.1 Å². The summed E-state index contributed by atoms with van der Waals surface area (Å²) in [4.78, 5) is 24.6. The van der Waals surface area contributed by atoms with Gasteiger partial charge in [-0.05, 0) is 63.6 Å². The maximum absolute atomic E-state index is 13.9. The number of ether oxygens (including phenoxy) is 1. The van der Waals surface area contributed by atoms with E-state index in [-0.39, 0.29) is 17.6 Å². The van der Waals surface area contributed by atoms with Gasteiger partial charge >= 0.3 is 0 Å². The molecule has 2 aliphatic heterocycles. The predicted octanol–water partition coefficient (Wildman–Crippen LogP) is 5.62. The number of nitrogens with one attached hydrogen (secondary N) is 2. The van der Waals surface area contributed by atoms with Crippen LogP contribution in [0.25, 0.3) is 32.8 Å². The first-order valence-electron chi connectivity index (χ1n) is 14.9. The van der Waals surface area contributed by atoms with Crippen molar-refractivity contribution in [1.82, 2.24) is 20.0 Å². The second-order valence-electron chi connectivity index (χ2n) is 12.4. The second kappa shape index (κ2) is 10.2. The molecular formula is C34H37N7O3. The van der Waals surface area contributed by atoms with Gasteiger partial charge in [0.25, 0.3) is 5.91 Å². The third-order valence-electron chi connectivity index (χ3n) is 9.00. The van der Waals surface area contributed by atoms with Crippen LogP contribution in [0.1, 0.15) is 53.7 Å². The predicted molar refractivity (Wildman–Crippen MR) is 173 cm³/mol. The number of aryl methyl sites for hydroxylation is 2. The maximum atomic E-state index is 13.9. The van der Waals surface area contributed by atoms with Crippen molar-refractivity contribution in [3.63, 3.8) is 0 Å². The molecule has 1 fully saturated rings. The van der Waals surface area contributed by atoms with Gasteiger partial charge in [0.2, 0.25) is 0 Å². The minimum Gasteiger partial charge on any atom is -0.496 e. The van der Waals surface area contributed by atoms with Crippen molar-refractivity contribution in [3.8, 4) is 16.9 Å². The Morgan fingerprint density at radius 3 is 2.52 bits per heavy atom. The highest BCUT2D eigenvalue weighted by Gasteiger charge is 2.35. The first-order valence-corrected chi connectivity index (χ1v) is 14.9. The van der Waals surface area contributed by atoms with Crippen LogP contribution in [0.4, 0.5) is 5.82 Å². The molecule has 4 heterocycles. The highest BCUT2D eigenvalue weighted by atomic mass is 16.5. The first-order chi connectivity index (χ1) is 21.1. The van der Waals surface area contributed by atoms with E-state index in [0.29, 0.717) is 25.2 Å². The van der Waals surface area contributed by atoms with Crippen LogP contribution < -0.4 is 15.9 Å². The SMILES string of the molecule is COc1cc2c3c([nH]c2cc1-c1c(C)noc1C)NC(C)N=C3c1ccc(C(=O)N2CCN(N)C(C)(C)C2)c2ccccc12. The molecule has 3 aromatic carbocycles. The zero-order valence-corrected chi connectivity index (χ0v) is 25.9. The molecule has 7 rings (SSSR count). The number of benzene rings is 3. The van der Waals surface area contributed by atoms with E-state index in [1.54, 1.807) is 7.11 Å². The van der Waals surface area contributed by atoms with Gasteiger partial charge in [-0.15, -0.1) is 0 Å². The zero-order chi connectivity index (χ0) is 30.9. The largest absolute Gasteiger partial charge is 0.496 e. The number of rotatable bonds is 4. The summed E-state index contributed by atoms with van der Waals surface area (Å²) in [5.41, 5.74) is 6.75. The number of hydrogen-bond donors (Lipinski definition) is 3. The number of H-pyrrole nitrogens is 1. The number of aromatic amines is 1. The van der Waals surface area contributed by atoms with E-state index in [0.717, 1.165) is 72.7 Å². The maximum Gasteiger partial charge on any atom is 0.254 e. The lowest BCUT2D eigenvalue weighted by Crippen LogP contribution is -2.62. The van der Waals surface area contributed by atoms with Crippen LogP contribution in [0.2, 0.25) is 0 Å². The quantitative estimate of drug-likeness (QED) is 0.232. The summed E-state index contributed by atoms with van der Waals surface area (Å²) in [7, 11) is 1.68. The molecular weight excluding hydrogens is 554 g/mol. The minimum absolute atomic E-state index is 0.0129. The fourth-order valence-corrected chi connectivity index (χ4v) is 6.72. The van der Waals surface area contributed by atoms with Crippen molar-refractivity contribution in [3.05, 3.63) is 76.7 Å². The minimum atomic E-state index is -0.304. The molecule has 0 radical (unpaired) electrons. The first kappa shape index (κ1) is 28.1. The second-order valence-corrected chi connectivity index (χ2v) is 12.4. The number of aromatic nitrogens is 2. The number of carbonyl (C=O) groups is 1. The molecule has 10 nitrogen and oxygen atoms in total. The summed E-state index contributed by atoms with van der Waals surface area (Å²) >= 11 is 0. The molecule has 1 unspecified atom stereocenters. The molecule has 1 saturated heterocycles. The third-order valence-corrected chi connectivity index (χ3v) is 9.00. The van der Waals surface area contributed by atoms with Gasteiger partial charge in [0.1, 0.15) is 23.5 Å². The molecule has 0 saturated carbocycles. The fraction of sp³-hybridized carbons (Fsp3) is 0.324. The van der Waals surface area contributed by atoms with E-state index in [1.165, 1.54) is 0 Å². The van der Waals surface area contributed by atoms with Gasteiger partial charge in [-0.2, -0.15) is 0 Å². The van der Waals surface area contributed by atoms with Crippen LogP contribution in [0, 0.1) is 13.8 Å². The molecule has 2 aliphatic rings. The molecule has 1 amide bonds. The van der Waals surface area contributed by atoms with Crippen molar-refractivity contribution in [2.24, 2.45) is 10.8 Å². The number of nitrogens with zero attached hydrogens (tertiary/aromatic N) is 4. The Morgan fingerprint density at radius 2 is 1.82 bits per heavy atom. The van der Waals surface area contributed by atoms with E-state index in [1.807, 2.05) is 61.0 Å². The third kappa shape index (κ3) is 4.36. The Labute approximate surface area is 255 Å². The van der Waals surface area contributed by atoms with Gasteiger partial charge in [-0.1, -0.05) is 35.5 Å². The molecule has 5 aromatic rings. The number of aliphatic imine (C=N–C) groups is 1. The molecule has 226 valence electrons. The smallest absolute Gasteiger partial charge is 0.254 e. The molecule has 10 heteroatoms.